The molecule has 112 valence electrons. The molecular weight excluding hydrogens is 275 g/mol. The third-order valence-corrected chi connectivity index (χ3v) is 2.65. The third-order valence-electron chi connectivity index (χ3n) is 2.65. The lowest BCUT2D eigenvalue weighted by molar-refractivity contribution is 0.147. The van der Waals surface area contributed by atoms with Gasteiger partial charge < -0.3 is 10.5 Å². The van der Waals surface area contributed by atoms with Gasteiger partial charge in [0, 0.05) is 17.3 Å². The van der Waals surface area contributed by atoms with Crippen LogP contribution in [0.5, 0.6) is 0 Å². The van der Waals surface area contributed by atoms with Crippen molar-refractivity contribution in [1.29, 1.82) is 0 Å². The summed E-state index contributed by atoms with van der Waals surface area (Å²) in [6.45, 7) is 4.19. The fourth-order valence-corrected chi connectivity index (χ4v) is 1.68. The number of H-pyrrole nitrogens is 1. The maximum atomic E-state index is 13.8. The van der Waals surface area contributed by atoms with E-state index in [1.54, 1.807) is 0 Å². The Morgan fingerprint density at radius 1 is 1.48 bits per heavy atom. The van der Waals surface area contributed by atoms with E-state index >= 15 is 0 Å². The van der Waals surface area contributed by atoms with E-state index in [2.05, 4.69) is 15.5 Å². The van der Waals surface area contributed by atoms with Crippen LogP contribution in [0.2, 0.25) is 0 Å². The second-order valence-corrected chi connectivity index (χ2v) is 5.02. The van der Waals surface area contributed by atoms with Gasteiger partial charge in [-0.05, 0) is 24.1 Å². The fraction of sp³-hybridized carbons (Fsp3) is 0.286. The molecule has 0 aliphatic heterocycles. The van der Waals surface area contributed by atoms with Gasteiger partial charge in [0.15, 0.2) is 0 Å². The van der Waals surface area contributed by atoms with Gasteiger partial charge in [0.2, 0.25) is 0 Å². The molecule has 0 spiro atoms. The third kappa shape index (κ3) is 3.95. The molecular formula is C14H17FN4O2. The lowest BCUT2D eigenvalue weighted by Crippen LogP contribution is -2.16. The lowest BCUT2D eigenvalue weighted by Gasteiger charge is -2.10. The number of anilines is 2. The summed E-state index contributed by atoms with van der Waals surface area (Å²) < 4.78 is 18.8. The van der Waals surface area contributed by atoms with Gasteiger partial charge in [-0.3, -0.25) is 10.4 Å². The first-order chi connectivity index (χ1) is 9.95. The number of hydrogen-bond acceptors (Lipinski definition) is 4. The molecule has 0 saturated carbocycles. The molecule has 0 atom stereocenters. The number of nitrogens with one attached hydrogen (secondary N) is 2. The average molecular weight is 292 g/mol. The molecule has 21 heavy (non-hydrogen) atoms. The number of nitrogens with zero attached hydrogens (tertiary/aromatic N) is 1. The van der Waals surface area contributed by atoms with E-state index in [1.165, 1.54) is 24.3 Å². The number of aromatic nitrogens is 2. The number of halogens is 1. The summed E-state index contributed by atoms with van der Waals surface area (Å²) in [4.78, 5) is 11.6. The topological polar surface area (TPSA) is 93.0 Å². The van der Waals surface area contributed by atoms with Gasteiger partial charge in [0.05, 0.1) is 12.3 Å². The molecule has 0 radical (unpaired) electrons. The number of nitrogen functional groups attached to an aromatic ring is 1. The second kappa shape index (κ2) is 6.25. The number of rotatable bonds is 4. The van der Waals surface area contributed by atoms with Crippen LogP contribution in [0.4, 0.5) is 20.7 Å². The zero-order chi connectivity index (χ0) is 15.4. The van der Waals surface area contributed by atoms with Gasteiger partial charge in [-0.2, -0.15) is 5.10 Å². The molecule has 1 aromatic carbocycles. The molecule has 6 nitrogen and oxygen atoms in total. The van der Waals surface area contributed by atoms with E-state index in [0.29, 0.717) is 18.0 Å². The number of carbonyl (C=O) groups excluding carboxylic acids is 1. The SMILES string of the molecule is CC(C)COC(=O)Nc1ccc(F)c(-c2cc(N)n[nH]2)c1. The van der Waals surface area contributed by atoms with Crippen LogP contribution in [0.25, 0.3) is 11.3 Å². The summed E-state index contributed by atoms with van der Waals surface area (Å²) in [5.41, 5.74) is 6.62. The standard InChI is InChI=1S/C14H17FN4O2/c1-8(2)7-21-14(20)17-9-3-4-11(15)10(5-9)12-6-13(16)19-18-12/h3-6,8H,7H2,1-2H3,(H,17,20)(H3,16,18,19). The Bertz CT molecular complexity index is 640. The monoisotopic (exact) mass is 292 g/mol. The minimum Gasteiger partial charge on any atom is -0.449 e. The predicted octanol–water partition coefficient (Wildman–Crippen LogP) is 3.00. The Balaban J connectivity index is 2.13. The van der Waals surface area contributed by atoms with Crippen molar-refractivity contribution in [3.63, 3.8) is 0 Å². The van der Waals surface area contributed by atoms with Gasteiger partial charge in [-0.25, -0.2) is 9.18 Å². The van der Waals surface area contributed by atoms with Gasteiger partial charge in [-0.15, -0.1) is 0 Å². The van der Waals surface area contributed by atoms with E-state index in [0.717, 1.165) is 0 Å². The van der Waals surface area contributed by atoms with E-state index in [-0.39, 0.29) is 17.3 Å². The van der Waals surface area contributed by atoms with Crippen LogP contribution in [-0.2, 0) is 4.74 Å². The molecule has 1 amide bonds. The van der Waals surface area contributed by atoms with E-state index in [9.17, 15) is 9.18 Å². The Morgan fingerprint density at radius 3 is 2.86 bits per heavy atom. The van der Waals surface area contributed by atoms with Gasteiger partial charge >= 0.3 is 6.09 Å². The van der Waals surface area contributed by atoms with Gasteiger partial charge in [0.1, 0.15) is 11.6 Å². The van der Waals surface area contributed by atoms with Crippen LogP contribution < -0.4 is 11.1 Å². The zero-order valence-electron chi connectivity index (χ0n) is 11.8. The number of aromatic amines is 1. The van der Waals surface area contributed by atoms with Crippen molar-refractivity contribution in [3.8, 4) is 11.3 Å². The lowest BCUT2D eigenvalue weighted by atomic mass is 10.1. The maximum Gasteiger partial charge on any atom is 0.411 e. The number of benzene rings is 1. The number of ether oxygens (including phenoxy) is 1. The van der Waals surface area contributed by atoms with Crippen LogP contribution in [0.3, 0.4) is 0 Å². The minimum absolute atomic E-state index is 0.243. The highest BCUT2D eigenvalue weighted by atomic mass is 19.1. The molecule has 4 N–H and O–H groups in total. The van der Waals surface area contributed by atoms with Crippen LogP contribution >= 0.6 is 0 Å². The summed E-state index contributed by atoms with van der Waals surface area (Å²) in [5.74, 6) is 0.0614. The molecule has 0 aliphatic carbocycles. The Kier molecular flexibility index (Phi) is 4.42. The van der Waals surface area contributed by atoms with Crippen molar-refractivity contribution in [2.45, 2.75) is 13.8 Å². The number of carbonyl (C=O) groups is 1. The summed E-state index contributed by atoms with van der Waals surface area (Å²) in [7, 11) is 0. The smallest absolute Gasteiger partial charge is 0.411 e. The number of hydrogen-bond donors (Lipinski definition) is 3. The van der Waals surface area contributed by atoms with E-state index < -0.39 is 11.9 Å². The largest absolute Gasteiger partial charge is 0.449 e. The van der Waals surface area contributed by atoms with Crippen LogP contribution in [-0.4, -0.2) is 22.9 Å². The highest BCUT2D eigenvalue weighted by Gasteiger charge is 2.11. The average Bonchev–Trinajstić information content (AvgIpc) is 2.85. The summed E-state index contributed by atoms with van der Waals surface area (Å²) >= 11 is 0. The summed E-state index contributed by atoms with van der Waals surface area (Å²) in [6.07, 6.45) is -0.578. The maximum absolute atomic E-state index is 13.8. The molecule has 1 aromatic heterocycles. The Hall–Kier alpha value is -2.57. The normalized spacial score (nSPS) is 10.7. The predicted molar refractivity (Wildman–Crippen MR) is 78.2 cm³/mol. The molecule has 0 aliphatic rings. The highest BCUT2D eigenvalue weighted by molar-refractivity contribution is 5.85. The summed E-state index contributed by atoms with van der Waals surface area (Å²) in [5, 5.41) is 8.92. The quantitative estimate of drug-likeness (QED) is 0.807. The molecule has 0 saturated heterocycles. The first-order valence-electron chi connectivity index (χ1n) is 6.50. The Morgan fingerprint density at radius 2 is 2.24 bits per heavy atom. The fourth-order valence-electron chi connectivity index (χ4n) is 1.68. The van der Waals surface area contributed by atoms with Crippen molar-refractivity contribution >= 4 is 17.6 Å². The Labute approximate surface area is 121 Å². The number of amides is 1. The van der Waals surface area contributed by atoms with Crippen molar-refractivity contribution < 1.29 is 13.9 Å². The highest BCUT2D eigenvalue weighted by Crippen LogP contribution is 2.25. The second-order valence-electron chi connectivity index (χ2n) is 5.02. The molecule has 2 aromatic rings. The van der Waals surface area contributed by atoms with E-state index in [4.69, 9.17) is 10.5 Å². The first kappa shape index (κ1) is 14.8. The van der Waals surface area contributed by atoms with Crippen LogP contribution in [0, 0.1) is 11.7 Å². The first-order valence-corrected chi connectivity index (χ1v) is 6.50. The molecule has 7 heteroatoms. The minimum atomic E-state index is -0.578. The van der Waals surface area contributed by atoms with Crippen molar-refractivity contribution in [2.24, 2.45) is 5.92 Å². The van der Waals surface area contributed by atoms with Gasteiger partial charge in [0.25, 0.3) is 0 Å². The van der Waals surface area contributed by atoms with Crippen molar-refractivity contribution in [2.75, 3.05) is 17.7 Å². The molecule has 0 fully saturated rings. The van der Waals surface area contributed by atoms with Crippen molar-refractivity contribution in [3.05, 3.63) is 30.1 Å². The van der Waals surface area contributed by atoms with E-state index in [1.807, 2.05) is 13.8 Å². The molecule has 1 heterocycles. The van der Waals surface area contributed by atoms with Crippen LogP contribution in [0.15, 0.2) is 24.3 Å². The number of nitrogens with two attached hydrogens (primary N) is 1. The summed E-state index contributed by atoms with van der Waals surface area (Å²) in [6, 6.07) is 5.71. The molecule has 0 bridgehead atoms. The van der Waals surface area contributed by atoms with Gasteiger partial charge in [-0.1, -0.05) is 13.8 Å². The molecule has 0 unspecified atom stereocenters. The molecule has 2 rings (SSSR count). The van der Waals surface area contributed by atoms with Crippen LogP contribution in [0.1, 0.15) is 13.8 Å². The zero-order valence-corrected chi connectivity index (χ0v) is 11.8. The van der Waals surface area contributed by atoms with Crippen molar-refractivity contribution in [1.82, 2.24) is 10.2 Å².